The number of carbonyl (C=O) groups excluding carboxylic acids is 1. The molecule has 136 valence electrons. The maximum Gasteiger partial charge on any atom is 0.245 e. The Morgan fingerprint density at radius 3 is 3.00 bits per heavy atom. The molecule has 0 unspecified atom stereocenters. The van der Waals surface area contributed by atoms with Crippen LogP contribution in [0.5, 0.6) is 0 Å². The molecule has 0 radical (unpaired) electrons. The van der Waals surface area contributed by atoms with Crippen molar-refractivity contribution >= 4 is 38.7 Å². The number of nitrogens with one attached hydrogen (secondary N) is 1. The van der Waals surface area contributed by atoms with Gasteiger partial charge in [-0.15, -0.1) is 0 Å². The lowest BCUT2D eigenvalue weighted by molar-refractivity contribution is -0.126. The van der Waals surface area contributed by atoms with E-state index in [0.717, 1.165) is 18.1 Å². The Balaban J connectivity index is 1.83. The van der Waals surface area contributed by atoms with E-state index in [4.69, 9.17) is 0 Å². The first-order chi connectivity index (χ1) is 11.9. The van der Waals surface area contributed by atoms with E-state index < -0.39 is 10.0 Å². The third-order valence-electron chi connectivity index (χ3n) is 4.62. The lowest BCUT2D eigenvalue weighted by Crippen LogP contribution is -2.47. The maximum absolute atomic E-state index is 13.1. The number of benzene rings is 1. The molecular formula is C16H22N4O3S2. The monoisotopic (exact) mass is 382 g/mol. The molecule has 7 nitrogen and oxygen atoms in total. The van der Waals surface area contributed by atoms with Crippen molar-refractivity contribution in [3.8, 4) is 0 Å². The molecule has 0 saturated carbocycles. The van der Waals surface area contributed by atoms with Crippen LogP contribution in [0.3, 0.4) is 0 Å². The molecule has 9 heteroatoms. The SMILES string of the molecule is CC[C@H](C)NC(=O)[C@@H]1CCCN(S(=O)(=O)c2cccc3nsnc23)C1. The first kappa shape index (κ1) is 18.2. The van der Waals surface area contributed by atoms with Gasteiger partial charge in [-0.05, 0) is 38.3 Å². The van der Waals surface area contributed by atoms with Crippen molar-refractivity contribution in [1.29, 1.82) is 0 Å². The number of hydrogen-bond donors (Lipinski definition) is 1. The summed E-state index contributed by atoms with van der Waals surface area (Å²) in [5, 5.41) is 2.96. The van der Waals surface area contributed by atoms with Gasteiger partial charge in [0.1, 0.15) is 15.9 Å². The molecule has 1 fully saturated rings. The smallest absolute Gasteiger partial charge is 0.245 e. The highest BCUT2D eigenvalue weighted by Crippen LogP contribution is 2.28. The lowest BCUT2D eigenvalue weighted by Gasteiger charge is -2.31. The van der Waals surface area contributed by atoms with Gasteiger partial charge in [0.25, 0.3) is 0 Å². The van der Waals surface area contributed by atoms with Gasteiger partial charge < -0.3 is 5.32 Å². The summed E-state index contributed by atoms with van der Waals surface area (Å²) < 4.78 is 35.8. The molecule has 1 aromatic heterocycles. The molecule has 1 aliphatic rings. The van der Waals surface area contributed by atoms with Crippen LogP contribution in [0, 0.1) is 5.92 Å². The number of carbonyl (C=O) groups is 1. The molecular weight excluding hydrogens is 360 g/mol. The molecule has 2 aromatic rings. The third-order valence-corrected chi connectivity index (χ3v) is 7.06. The molecule has 2 atom stereocenters. The van der Waals surface area contributed by atoms with Gasteiger partial charge in [-0.25, -0.2) is 8.42 Å². The van der Waals surface area contributed by atoms with Crippen molar-refractivity contribution in [3.05, 3.63) is 18.2 Å². The van der Waals surface area contributed by atoms with Crippen molar-refractivity contribution in [1.82, 2.24) is 18.4 Å². The zero-order valence-corrected chi connectivity index (χ0v) is 15.9. The Labute approximate surface area is 151 Å². The van der Waals surface area contributed by atoms with Crippen molar-refractivity contribution in [2.24, 2.45) is 5.92 Å². The average molecular weight is 383 g/mol. The second-order valence-corrected chi connectivity index (χ2v) is 8.84. The van der Waals surface area contributed by atoms with Gasteiger partial charge in [0, 0.05) is 19.1 Å². The molecule has 1 aromatic carbocycles. The van der Waals surface area contributed by atoms with E-state index in [1.165, 1.54) is 4.31 Å². The number of sulfonamides is 1. The Kier molecular flexibility index (Phi) is 5.35. The number of rotatable bonds is 5. The number of hydrogen-bond acceptors (Lipinski definition) is 6. The standard InChI is InChI=1S/C16H22N4O3S2/c1-3-11(2)17-16(21)12-6-5-9-20(10-12)25(22,23)14-8-4-7-13-15(14)19-24-18-13/h4,7-8,11-12H,3,5-6,9-10H2,1-2H3,(H,17,21)/t11-,12+/m0/s1. The van der Waals surface area contributed by atoms with E-state index in [9.17, 15) is 13.2 Å². The van der Waals surface area contributed by atoms with Gasteiger partial charge in [-0.3, -0.25) is 4.79 Å². The summed E-state index contributed by atoms with van der Waals surface area (Å²) >= 11 is 0.997. The van der Waals surface area contributed by atoms with E-state index in [-0.39, 0.29) is 29.3 Å². The van der Waals surface area contributed by atoms with Crippen LogP contribution in [0.2, 0.25) is 0 Å². The zero-order valence-electron chi connectivity index (χ0n) is 14.3. The molecule has 0 aliphatic carbocycles. The minimum Gasteiger partial charge on any atom is -0.353 e. The largest absolute Gasteiger partial charge is 0.353 e. The summed E-state index contributed by atoms with van der Waals surface area (Å²) in [5.74, 6) is -0.381. The van der Waals surface area contributed by atoms with Crippen molar-refractivity contribution in [2.45, 2.75) is 44.0 Å². The Hall–Kier alpha value is -1.58. The van der Waals surface area contributed by atoms with Crippen LogP contribution in [0.15, 0.2) is 23.1 Å². The highest BCUT2D eigenvalue weighted by molar-refractivity contribution is 7.89. The summed E-state index contributed by atoms with van der Waals surface area (Å²) in [4.78, 5) is 12.6. The molecule has 1 amide bonds. The summed E-state index contributed by atoms with van der Waals surface area (Å²) in [6, 6.07) is 5.07. The number of fused-ring (bicyclic) bond motifs is 1. The normalized spacial score (nSPS) is 20.5. The van der Waals surface area contributed by atoms with Crippen LogP contribution in [-0.4, -0.2) is 46.5 Å². The summed E-state index contributed by atoms with van der Waals surface area (Å²) in [5.41, 5.74) is 0.979. The van der Waals surface area contributed by atoms with Crippen LogP contribution < -0.4 is 5.32 Å². The first-order valence-electron chi connectivity index (χ1n) is 8.45. The number of piperidine rings is 1. The Morgan fingerprint density at radius 2 is 2.24 bits per heavy atom. The minimum absolute atomic E-state index is 0.0669. The van der Waals surface area contributed by atoms with Gasteiger partial charge in [-0.2, -0.15) is 13.1 Å². The van der Waals surface area contributed by atoms with Crippen molar-refractivity contribution in [2.75, 3.05) is 13.1 Å². The minimum atomic E-state index is -3.70. The van der Waals surface area contributed by atoms with Gasteiger partial charge in [-0.1, -0.05) is 13.0 Å². The van der Waals surface area contributed by atoms with Crippen LogP contribution >= 0.6 is 11.7 Å². The predicted molar refractivity (Wildman–Crippen MR) is 96.8 cm³/mol. The van der Waals surface area contributed by atoms with Gasteiger partial charge in [0.15, 0.2) is 0 Å². The molecule has 1 saturated heterocycles. The summed E-state index contributed by atoms with van der Waals surface area (Å²) in [7, 11) is -3.70. The van der Waals surface area contributed by atoms with Gasteiger partial charge in [0.05, 0.1) is 17.6 Å². The quantitative estimate of drug-likeness (QED) is 0.854. The second-order valence-electron chi connectivity index (χ2n) is 6.41. The Bertz CT molecular complexity index is 865. The summed E-state index contributed by atoms with van der Waals surface area (Å²) in [6.07, 6.45) is 2.22. The molecule has 1 N–H and O–H groups in total. The number of amides is 1. The molecule has 1 aliphatic heterocycles. The summed E-state index contributed by atoms with van der Waals surface area (Å²) in [6.45, 7) is 4.58. The molecule has 3 rings (SSSR count). The molecule has 0 spiro atoms. The van der Waals surface area contributed by atoms with E-state index in [1.54, 1.807) is 18.2 Å². The fourth-order valence-electron chi connectivity index (χ4n) is 2.97. The van der Waals surface area contributed by atoms with Crippen LogP contribution in [0.1, 0.15) is 33.1 Å². The van der Waals surface area contributed by atoms with E-state index in [0.29, 0.717) is 30.4 Å². The van der Waals surface area contributed by atoms with Crippen LogP contribution in [0.4, 0.5) is 0 Å². The van der Waals surface area contributed by atoms with Gasteiger partial charge >= 0.3 is 0 Å². The van der Waals surface area contributed by atoms with E-state index >= 15 is 0 Å². The number of nitrogens with zero attached hydrogens (tertiary/aromatic N) is 3. The predicted octanol–water partition coefficient (Wildman–Crippen LogP) is 2.01. The van der Waals surface area contributed by atoms with E-state index in [1.807, 2.05) is 13.8 Å². The second kappa shape index (κ2) is 7.35. The highest BCUT2D eigenvalue weighted by Gasteiger charge is 2.34. The highest BCUT2D eigenvalue weighted by atomic mass is 32.2. The topological polar surface area (TPSA) is 92.3 Å². The van der Waals surface area contributed by atoms with Crippen molar-refractivity contribution < 1.29 is 13.2 Å². The first-order valence-corrected chi connectivity index (χ1v) is 10.6. The molecule has 0 bridgehead atoms. The molecule has 2 heterocycles. The van der Waals surface area contributed by atoms with E-state index in [2.05, 4.69) is 14.1 Å². The number of aromatic nitrogens is 2. The third kappa shape index (κ3) is 3.68. The molecule has 25 heavy (non-hydrogen) atoms. The zero-order chi connectivity index (χ0) is 18.0. The van der Waals surface area contributed by atoms with Crippen LogP contribution in [0.25, 0.3) is 11.0 Å². The fourth-order valence-corrected chi connectivity index (χ4v) is 5.24. The van der Waals surface area contributed by atoms with Crippen molar-refractivity contribution in [3.63, 3.8) is 0 Å². The van der Waals surface area contributed by atoms with Gasteiger partial charge in [0.2, 0.25) is 15.9 Å². The average Bonchev–Trinajstić information content (AvgIpc) is 3.10. The van der Waals surface area contributed by atoms with Crippen LogP contribution in [-0.2, 0) is 14.8 Å². The fraction of sp³-hybridized carbons (Fsp3) is 0.562. The lowest BCUT2D eigenvalue weighted by atomic mass is 9.98. The maximum atomic E-state index is 13.1. The Morgan fingerprint density at radius 1 is 1.44 bits per heavy atom.